The number of benzene rings is 1. The molecule has 1 aromatic carbocycles. The molecule has 2 rings (SSSR count). The molecule has 0 fully saturated rings. The average molecular weight is 271 g/mol. The summed E-state index contributed by atoms with van der Waals surface area (Å²) in [6.45, 7) is 3.24. The lowest BCUT2D eigenvalue weighted by Gasteiger charge is -1.95. The molecule has 0 aliphatic carbocycles. The zero-order valence-corrected chi connectivity index (χ0v) is 10.9. The molecule has 18 heavy (non-hydrogen) atoms. The van der Waals surface area contributed by atoms with Crippen molar-refractivity contribution < 1.29 is 16.5 Å². The molecular formula is C12H14FNO3S. The van der Waals surface area contributed by atoms with Crippen molar-refractivity contribution in [1.82, 2.24) is 4.98 Å². The van der Waals surface area contributed by atoms with E-state index < -0.39 is 10.5 Å². The van der Waals surface area contributed by atoms with Gasteiger partial charge in [0, 0.05) is 11.1 Å². The van der Waals surface area contributed by atoms with Gasteiger partial charge in [-0.3, -0.25) is 4.98 Å². The smallest absolute Gasteiger partial charge is 0.253 e. The van der Waals surface area contributed by atoms with E-state index in [0.29, 0.717) is 0 Å². The van der Waals surface area contributed by atoms with Gasteiger partial charge in [-0.2, -0.15) is 8.42 Å². The third-order valence-electron chi connectivity index (χ3n) is 2.00. The fourth-order valence-corrected chi connectivity index (χ4v) is 1.59. The number of aryl methyl sites for hydroxylation is 1. The number of pyridine rings is 1. The van der Waals surface area contributed by atoms with Crippen molar-refractivity contribution in [3.8, 4) is 0 Å². The summed E-state index contributed by atoms with van der Waals surface area (Å²) in [4.78, 5) is 4.38. The molecule has 1 aromatic heterocycles. The van der Waals surface area contributed by atoms with E-state index in [1.165, 1.54) is 12.3 Å². The van der Waals surface area contributed by atoms with Crippen LogP contribution in [0.3, 0.4) is 0 Å². The molecule has 0 bridgehead atoms. The molecule has 98 valence electrons. The zero-order chi connectivity index (χ0) is 13.6. The standard InChI is InChI=1S/C10H9N.C2H5FO3S/c1-8-6-7-9-4-2-3-5-10(9)11-8;1-2-6-7(3,4)5/h2-7H,1H3;2H2,1H3. The van der Waals surface area contributed by atoms with Crippen LogP contribution in [0.2, 0.25) is 0 Å². The van der Waals surface area contributed by atoms with Gasteiger partial charge in [-0.25, -0.2) is 4.18 Å². The Kier molecular flexibility index (Phi) is 5.18. The third-order valence-corrected chi connectivity index (χ3v) is 2.51. The number of hydrogen-bond donors (Lipinski definition) is 0. The summed E-state index contributed by atoms with van der Waals surface area (Å²) in [6, 6.07) is 12.3. The summed E-state index contributed by atoms with van der Waals surface area (Å²) in [6.07, 6.45) is 0. The van der Waals surface area contributed by atoms with Crippen molar-refractivity contribution in [3.63, 3.8) is 0 Å². The molecule has 0 spiro atoms. The number of fused-ring (bicyclic) bond motifs is 1. The topological polar surface area (TPSA) is 56.3 Å². The molecule has 0 unspecified atom stereocenters. The molecule has 0 amide bonds. The van der Waals surface area contributed by atoms with Gasteiger partial charge in [-0.05, 0) is 26.0 Å². The second-order valence-corrected chi connectivity index (χ2v) is 4.47. The maximum absolute atomic E-state index is 11.1. The van der Waals surface area contributed by atoms with Gasteiger partial charge in [0.05, 0.1) is 12.1 Å². The second-order valence-electron chi connectivity index (χ2n) is 3.44. The predicted octanol–water partition coefficient (Wildman–Crippen LogP) is 2.78. The largest absolute Gasteiger partial charge is 0.437 e. The lowest BCUT2D eigenvalue weighted by molar-refractivity contribution is 0.311. The Morgan fingerprint density at radius 1 is 1.22 bits per heavy atom. The molecule has 0 saturated carbocycles. The molecule has 0 N–H and O–H groups in total. The van der Waals surface area contributed by atoms with Crippen LogP contribution in [0.15, 0.2) is 36.4 Å². The Morgan fingerprint density at radius 2 is 1.89 bits per heavy atom. The minimum Gasteiger partial charge on any atom is -0.253 e. The number of rotatable bonds is 2. The SMILES string of the molecule is CCOS(=O)(=O)F.Cc1ccc2ccccc2n1. The van der Waals surface area contributed by atoms with Gasteiger partial charge in [0.15, 0.2) is 0 Å². The Hall–Kier alpha value is -1.53. The van der Waals surface area contributed by atoms with Crippen LogP contribution >= 0.6 is 0 Å². The maximum atomic E-state index is 11.1. The Labute approximate surface area is 106 Å². The minimum atomic E-state index is -4.67. The molecule has 0 aliphatic heterocycles. The van der Waals surface area contributed by atoms with Crippen molar-refractivity contribution in [2.24, 2.45) is 0 Å². The van der Waals surface area contributed by atoms with Gasteiger partial charge >= 0.3 is 10.5 Å². The number of halogens is 1. The van der Waals surface area contributed by atoms with Crippen LogP contribution in [0, 0.1) is 6.92 Å². The summed E-state index contributed by atoms with van der Waals surface area (Å²) in [5.74, 6) is 0. The Bertz CT molecular complexity index is 614. The van der Waals surface area contributed by atoms with Crippen LogP contribution < -0.4 is 0 Å². The average Bonchev–Trinajstić information content (AvgIpc) is 2.28. The first-order chi connectivity index (χ1) is 8.42. The van der Waals surface area contributed by atoms with Crippen molar-refractivity contribution in [1.29, 1.82) is 0 Å². The molecule has 0 radical (unpaired) electrons. The second kappa shape index (κ2) is 6.42. The lowest BCUT2D eigenvalue weighted by atomic mass is 10.2. The summed E-state index contributed by atoms with van der Waals surface area (Å²) in [5.41, 5.74) is 2.15. The monoisotopic (exact) mass is 271 g/mol. The highest BCUT2D eigenvalue weighted by Crippen LogP contribution is 2.10. The van der Waals surface area contributed by atoms with Crippen LogP contribution in [0.5, 0.6) is 0 Å². The van der Waals surface area contributed by atoms with Gasteiger partial charge in [0.2, 0.25) is 0 Å². The van der Waals surface area contributed by atoms with Gasteiger partial charge in [0.1, 0.15) is 0 Å². The van der Waals surface area contributed by atoms with Crippen LogP contribution in [0.4, 0.5) is 3.89 Å². The zero-order valence-electron chi connectivity index (χ0n) is 10.1. The molecule has 0 saturated heterocycles. The van der Waals surface area contributed by atoms with E-state index >= 15 is 0 Å². The first kappa shape index (κ1) is 14.5. The number of hydrogen-bond acceptors (Lipinski definition) is 4. The quantitative estimate of drug-likeness (QED) is 0.788. The predicted molar refractivity (Wildman–Crippen MR) is 68.1 cm³/mol. The van der Waals surface area contributed by atoms with Gasteiger partial charge in [-0.15, -0.1) is 0 Å². The van der Waals surface area contributed by atoms with E-state index in [0.717, 1.165) is 11.2 Å². The fraction of sp³-hybridized carbons (Fsp3) is 0.250. The molecule has 0 aliphatic rings. The Balaban J connectivity index is 0.000000203. The summed E-state index contributed by atoms with van der Waals surface area (Å²) in [7, 11) is -4.67. The van der Waals surface area contributed by atoms with Crippen LogP contribution in [0.25, 0.3) is 10.9 Å². The first-order valence-electron chi connectivity index (χ1n) is 5.34. The van der Waals surface area contributed by atoms with E-state index in [-0.39, 0.29) is 6.61 Å². The summed E-state index contributed by atoms with van der Waals surface area (Å²) >= 11 is 0. The molecule has 4 nitrogen and oxygen atoms in total. The molecular weight excluding hydrogens is 257 g/mol. The molecule has 2 aromatic rings. The number of nitrogens with zero attached hydrogens (tertiary/aromatic N) is 1. The first-order valence-corrected chi connectivity index (χ1v) is 6.64. The number of para-hydroxylation sites is 1. The highest BCUT2D eigenvalue weighted by molar-refractivity contribution is 7.81. The van der Waals surface area contributed by atoms with Crippen LogP contribution in [-0.2, 0) is 14.7 Å². The van der Waals surface area contributed by atoms with E-state index in [1.54, 1.807) is 0 Å². The summed E-state index contributed by atoms with van der Waals surface area (Å²) < 4.78 is 33.4. The summed E-state index contributed by atoms with van der Waals surface area (Å²) in [5, 5.41) is 1.21. The maximum Gasteiger partial charge on any atom is 0.437 e. The molecule has 0 atom stereocenters. The highest BCUT2D eigenvalue weighted by Gasteiger charge is 2.01. The number of aromatic nitrogens is 1. The third kappa shape index (κ3) is 5.20. The minimum absolute atomic E-state index is 0.154. The molecule has 6 heteroatoms. The fourth-order valence-electron chi connectivity index (χ4n) is 1.31. The van der Waals surface area contributed by atoms with Gasteiger partial charge < -0.3 is 0 Å². The lowest BCUT2D eigenvalue weighted by Crippen LogP contribution is -1.95. The molecule has 1 heterocycles. The van der Waals surface area contributed by atoms with Crippen LogP contribution in [-0.4, -0.2) is 20.0 Å². The van der Waals surface area contributed by atoms with Gasteiger partial charge in [0.25, 0.3) is 0 Å². The van der Waals surface area contributed by atoms with E-state index in [4.69, 9.17) is 0 Å². The van der Waals surface area contributed by atoms with Crippen molar-refractivity contribution in [3.05, 3.63) is 42.1 Å². The van der Waals surface area contributed by atoms with Crippen molar-refractivity contribution >= 4 is 21.4 Å². The highest BCUT2D eigenvalue weighted by atomic mass is 32.3. The van der Waals surface area contributed by atoms with Crippen molar-refractivity contribution in [2.75, 3.05) is 6.61 Å². The van der Waals surface area contributed by atoms with E-state index in [9.17, 15) is 12.3 Å². The Morgan fingerprint density at radius 3 is 2.44 bits per heavy atom. The van der Waals surface area contributed by atoms with E-state index in [1.807, 2.05) is 31.2 Å². The van der Waals surface area contributed by atoms with E-state index in [2.05, 4.69) is 21.3 Å². The normalized spacial score (nSPS) is 10.8. The van der Waals surface area contributed by atoms with Crippen molar-refractivity contribution in [2.45, 2.75) is 13.8 Å². The van der Waals surface area contributed by atoms with Crippen LogP contribution in [0.1, 0.15) is 12.6 Å². The van der Waals surface area contributed by atoms with Gasteiger partial charge in [-0.1, -0.05) is 28.2 Å².